The van der Waals surface area contributed by atoms with Crippen LogP contribution >= 0.6 is 0 Å². The molecule has 1 unspecified atom stereocenters. The summed E-state index contributed by atoms with van der Waals surface area (Å²) in [7, 11) is 3.35. The fourth-order valence-electron chi connectivity index (χ4n) is 1.92. The van der Waals surface area contributed by atoms with Crippen molar-refractivity contribution in [1.82, 2.24) is 5.32 Å². The van der Waals surface area contributed by atoms with E-state index in [1.807, 2.05) is 18.2 Å². The zero-order valence-corrected chi connectivity index (χ0v) is 9.75. The minimum Gasteiger partial charge on any atom is -0.497 e. The Morgan fingerprint density at radius 3 is 2.81 bits per heavy atom. The molecule has 1 aromatic rings. The molecular formula is C12H18N2O2. The maximum absolute atomic E-state index is 5.32. The van der Waals surface area contributed by atoms with Crippen molar-refractivity contribution in [3.8, 4) is 11.5 Å². The smallest absolute Gasteiger partial charge is 0.142 e. The summed E-state index contributed by atoms with van der Waals surface area (Å²) >= 11 is 0. The first kappa shape index (κ1) is 11.1. The second-order valence-electron chi connectivity index (χ2n) is 3.90. The van der Waals surface area contributed by atoms with Gasteiger partial charge in [-0.25, -0.2) is 0 Å². The lowest BCUT2D eigenvalue weighted by molar-refractivity contribution is 0.404. The quantitative estimate of drug-likeness (QED) is 0.809. The highest BCUT2D eigenvalue weighted by Crippen LogP contribution is 2.29. The first-order valence-corrected chi connectivity index (χ1v) is 5.53. The van der Waals surface area contributed by atoms with Gasteiger partial charge in [-0.2, -0.15) is 0 Å². The van der Waals surface area contributed by atoms with Crippen LogP contribution in [0.2, 0.25) is 0 Å². The van der Waals surface area contributed by atoms with Crippen molar-refractivity contribution in [3.63, 3.8) is 0 Å². The van der Waals surface area contributed by atoms with Crippen LogP contribution in [0.15, 0.2) is 18.2 Å². The number of ether oxygens (including phenoxy) is 2. The van der Waals surface area contributed by atoms with Gasteiger partial charge >= 0.3 is 0 Å². The highest BCUT2D eigenvalue weighted by Gasteiger charge is 2.16. The Balaban J connectivity index is 2.15. The van der Waals surface area contributed by atoms with Gasteiger partial charge in [-0.05, 0) is 25.1 Å². The molecule has 4 nitrogen and oxygen atoms in total. The van der Waals surface area contributed by atoms with Crippen molar-refractivity contribution in [2.24, 2.45) is 0 Å². The standard InChI is InChI=1S/C12H18N2O2/c1-15-10-3-4-12(16-2)11(7-10)14-9-5-6-13-8-9/h3-4,7,9,13-14H,5-6,8H2,1-2H3. The van der Waals surface area contributed by atoms with E-state index in [2.05, 4.69) is 10.6 Å². The molecule has 1 aliphatic rings. The summed E-state index contributed by atoms with van der Waals surface area (Å²) in [5.74, 6) is 1.70. The second kappa shape index (κ2) is 5.07. The second-order valence-corrected chi connectivity index (χ2v) is 3.90. The van der Waals surface area contributed by atoms with Gasteiger partial charge < -0.3 is 20.1 Å². The van der Waals surface area contributed by atoms with E-state index in [1.165, 1.54) is 0 Å². The average Bonchev–Trinajstić information content (AvgIpc) is 2.82. The maximum Gasteiger partial charge on any atom is 0.142 e. The van der Waals surface area contributed by atoms with E-state index in [9.17, 15) is 0 Å². The van der Waals surface area contributed by atoms with Gasteiger partial charge in [0.15, 0.2) is 0 Å². The first-order valence-electron chi connectivity index (χ1n) is 5.53. The number of rotatable bonds is 4. The molecule has 1 saturated heterocycles. The minimum absolute atomic E-state index is 0.473. The van der Waals surface area contributed by atoms with E-state index in [4.69, 9.17) is 9.47 Å². The zero-order chi connectivity index (χ0) is 11.4. The zero-order valence-electron chi connectivity index (χ0n) is 9.75. The van der Waals surface area contributed by atoms with Gasteiger partial charge in [0, 0.05) is 18.7 Å². The molecule has 2 N–H and O–H groups in total. The molecule has 16 heavy (non-hydrogen) atoms. The molecule has 4 heteroatoms. The molecule has 88 valence electrons. The van der Waals surface area contributed by atoms with Crippen LogP contribution in [0.4, 0.5) is 5.69 Å². The van der Waals surface area contributed by atoms with Gasteiger partial charge in [0.05, 0.1) is 19.9 Å². The van der Waals surface area contributed by atoms with Crippen LogP contribution in [0.1, 0.15) is 6.42 Å². The third kappa shape index (κ3) is 2.39. The normalized spacial score (nSPS) is 19.5. The lowest BCUT2D eigenvalue weighted by Gasteiger charge is -2.16. The maximum atomic E-state index is 5.32. The van der Waals surface area contributed by atoms with Crippen molar-refractivity contribution < 1.29 is 9.47 Å². The highest BCUT2D eigenvalue weighted by atomic mass is 16.5. The Morgan fingerprint density at radius 2 is 2.19 bits per heavy atom. The minimum atomic E-state index is 0.473. The Morgan fingerprint density at radius 1 is 1.31 bits per heavy atom. The Kier molecular flexibility index (Phi) is 3.51. The highest BCUT2D eigenvalue weighted by molar-refractivity contribution is 5.60. The van der Waals surface area contributed by atoms with Crippen LogP contribution in [0.25, 0.3) is 0 Å². The van der Waals surface area contributed by atoms with Gasteiger partial charge in [-0.1, -0.05) is 0 Å². The van der Waals surface area contributed by atoms with E-state index >= 15 is 0 Å². The summed E-state index contributed by atoms with van der Waals surface area (Å²) < 4.78 is 10.5. The van der Waals surface area contributed by atoms with Crippen molar-refractivity contribution in [2.75, 3.05) is 32.6 Å². The first-order chi connectivity index (χ1) is 7.83. The third-order valence-electron chi connectivity index (χ3n) is 2.83. The van der Waals surface area contributed by atoms with Crippen molar-refractivity contribution in [2.45, 2.75) is 12.5 Å². The molecule has 1 aromatic carbocycles. The summed E-state index contributed by atoms with van der Waals surface area (Å²) in [6.07, 6.45) is 1.14. The number of benzene rings is 1. The lowest BCUT2D eigenvalue weighted by Crippen LogP contribution is -2.22. The van der Waals surface area contributed by atoms with Crippen molar-refractivity contribution >= 4 is 5.69 Å². The molecule has 0 aliphatic carbocycles. The molecule has 0 aromatic heterocycles. The van der Waals surface area contributed by atoms with Crippen LogP contribution < -0.4 is 20.1 Å². The predicted octanol–water partition coefficient (Wildman–Crippen LogP) is 1.48. The average molecular weight is 222 g/mol. The number of hydrogen-bond acceptors (Lipinski definition) is 4. The fourth-order valence-corrected chi connectivity index (χ4v) is 1.92. The van der Waals surface area contributed by atoms with Gasteiger partial charge in [-0.3, -0.25) is 0 Å². The topological polar surface area (TPSA) is 42.5 Å². The molecule has 1 fully saturated rings. The van der Waals surface area contributed by atoms with Crippen LogP contribution in [-0.2, 0) is 0 Å². The molecule has 0 saturated carbocycles. The number of nitrogens with one attached hydrogen (secondary N) is 2. The van der Waals surface area contributed by atoms with Crippen LogP contribution in [0.3, 0.4) is 0 Å². The third-order valence-corrected chi connectivity index (χ3v) is 2.83. The fraction of sp³-hybridized carbons (Fsp3) is 0.500. The molecule has 0 amide bonds. The van der Waals surface area contributed by atoms with Gasteiger partial charge in [-0.15, -0.1) is 0 Å². The van der Waals surface area contributed by atoms with Crippen molar-refractivity contribution in [3.05, 3.63) is 18.2 Å². The molecule has 2 rings (SSSR count). The van der Waals surface area contributed by atoms with E-state index in [0.29, 0.717) is 6.04 Å². The van der Waals surface area contributed by atoms with E-state index < -0.39 is 0 Å². The molecule has 0 spiro atoms. The van der Waals surface area contributed by atoms with Gasteiger partial charge in [0.25, 0.3) is 0 Å². The summed E-state index contributed by atoms with van der Waals surface area (Å²) in [4.78, 5) is 0. The Labute approximate surface area is 95.9 Å². The van der Waals surface area contributed by atoms with Crippen LogP contribution in [0.5, 0.6) is 11.5 Å². The number of methoxy groups -OCH3 is 2. The Bertz CT molecular complexity index is 349. The van der Waals surface area contributed by atoms with Crippen molar-refractivity contribution in [1.29, 1.82) is 0 Å². The Hall–Kier alpha value is -1.42. The van der Waals surface area contributed by atoms with Gasteiger partial charge in [0.2, 0.25) is 0 Å². The number of hydrogen-bond donors (Lipinski definition) is 2. The molecular weight excluding hydrogens is 204 g/mol. The molecule has 1 atom stereocenters. The van der Waals surface area contributed by atoms with E-state index in [1.54, 1.807) is 14.2 Å². The molecule has 0 bridgehead atoms. The van der Waals surface area contributed by atoms with Crippen LogP contribution in [-0.4, -0.2) is 33.4 Å². The van der Waals surface area contributed by atoms with E-state index in [0.717, 1.165) is 36.7 Å². The summed E-state index contributed by atoms with van der Waals surface area (Å²) in [6, 6.07) is 6.26. The summed E-state index contributed by atoms with van der Waals surface area (Å²) in [6.45, 7) is 2.07. The van der Waals surface area contributed by atoms with Gasteiger partial charge in [0.1, 0.15) is 11.5 Å². The monoisotopic (exact) mass is 222 g/mol. The van der Waals surface area contributed by atoms with Crippen LogP contribution in [0, 0.1) is 0 Å². The SMILES string of the molecule is COc1ccc(OC)c(NC2CCNC2)c1. The summed E-state index contributed by atoms with van der Waals surface area (Å²) in [5.41, 5.74) is 0.996. The predicted molar refractivity (Wildman–Crippen MR) is 64.4 cm³/mol. The van der Waals surface area contributed by atoms with E-state index in [-0.39, 0.29) is 0 Å². The molecule has 1 heterocycles. The lowest BCUT2D eigenvalue weighted by atomic mass is 10.2. The molecule has 0 radical (unpaired) electrons. The molecule has 1 aliphatic heterocycles. The summed E-state index contributed by atoms with van der Waals surface area (Å²) in [5, 5.41) is 6.79. The number of anilines is 1. The largest absolute Gasteiger partial charge is 0.497 e.